The number of carbonyl (C=O) groups is 1. The summed E-state index contributed by atoms with van der Waals surface area (Å²) in [6, 6.07) is 1.82. The van der Waals surface area contributed by atoms with E-state index in [1.54, 1.807) is 11.4 Å². The van der Waals surface area contributed by atoms with Crippen molar-refractivity contribution in [3.63, 3.8) is 0 Å². The lowest BCUT2D eigenvalue weighted by atomic mass is 9.81. The highest BCUT2D eigenvalue weighted by atomic mass is 19.2. The second-order valence-electron chi connectivity index (χ2n) is 4.60. The first-order valence-corrected chi connectivity index (χ1v) is 6.05. The molecule has 0 radical (unpaired) electrons. The van der Waals surface area contributed by atoms with Crippen LogP contribution in [-0.2, 0) is 9.53 Å². The summed E-state index contributed by atoms with van der Waals surface area (Å²) in [5.74, 6) is -7.73. The third kappa shape index (κ3) is 2.69. The average Bonchev–Trinajstić information content (AvgIpc) is 2.50. The normalized spacial score (nSPS) is 17.1. The Balaban J connectivity index is 2.34. The number of hydrogen-bond donors (Lipinski definition) is 1. The van der Waals surface area contributed by atoms with Gasteiger partial charge in [0.25, 0.3) is 0 Å². The van der Waals surface area contributed by atoms with Gasteiger partial charge in [0.15, 0.2) is 23.3 Å². The van der Waals surface area contributed by atoms with Gasteiger partial charge < -0.3 is 10.1 Å². The summed E-state index contributed by atoms with van der Waals surface area (Å²) < 4.78 is 58.1. The van der Waals surface area contributed by atoms with Crippen LogP contribution in [-0.4, -0.2) is 19.1 Å². The van der Waals surface area contributed by atoms with E-state index in [2.05, 4.69) is 0 Å². The minimum atomic E-state index is -1.72. The molecular formula is C13H10F4N2O2. The van der Waals surface area contributed by atoms with Crippen molar-refractivity contribution in [1.29, 1.82) is 5.26 Å². The van der Waals surface area contributed by atoms with Crippen LogP contribution in [0.1, 0.15) is 12.8 Å². The number of rotatable bonds is 2. The van der Waals surface area contributed by atoms with E-state index in [1.807, 2.05) is 0 Å². The number of anilines is 1. The van der Waals surface area contributed by atoms with E-state index in [0.29, 0.717) is 0 Å². The fraction of sp³-hybridized carbons (Fsp3) is 0.385. The maximum atomic E-state index is 13.5. The Bertz CT molecular complexity index is 595. The summed E-state index contributed by atoms with van der Waals surface area (Å²) in [4.78, 5) is 12.1. The number of nitrogens with zero attached hydrogens (tertiary/aromatic N) is 1. The summed E-state index contributed by atoms with van der Waals surface area (Å²) in [7, 11) is 0. The molecule has 0 saturated carbocycles. The largest absolute Gasteiger partial charge is 0.381 e. The summed E-state index contributed by atoms with van der Waals surface area (Å²) >= 11 is 0. The van der Waals surface area contributed by atoms with Crippen molar-refractivity contribution >= 4 is 11.6 Å². The molecule has 0 bridgehead atoms. The third-order valence-electron chi connectivity index (χ3n) is 3.35. The molecule has 1 fully saturated rings. The molecule has 1 N–H and O–H groups in total. The molecule has 0 unspecified atom stereocenters. The lowest BCUT2D eigenvalue weighted by molar-refractivity contribution is -0.126. The van der Waals surface area contributed by atoms with E-state index in [0.717, 1.165) is 0 Å². The number of amides is 1. The molecule has 112 valence electrons. The van der Waals surface area contributed by atoms with Gasteiger partial charge in [-0.3, -0.25) is 4.79 Å². The Morgan fingerprint density at radius 3 is 2.19 bits per heavy atom. The summed E-state index contributed by atoms with van der Waals surface area (Å²) in [5, 5.41) is 10.9. The van der Waals surface area contributed by atoms with Crippen molar-refractivity contribution in [3.8, 4) is 6.07 Å². The number of carbonyl (C=O) groups excluding carboxylic acids is 1. The molecule has 2 rings (SSSR count). The summed E-state index contributed by atoms with van der Waals surface area (Å²) in [6.45, 7) is 0.257. The molecule has 1 aliphatic heterocycles. The van der Waals surface area contributed by atoms with Crippen LogP contribution in [0.15, 0.2) is 6.07 Å². The van der Waals surface area contributed by atoms with Gasteiger partial charge >= 0.3 is 0 Å². The van der Waals surface area contributed by atoms with Gasteiger partial charge in [0.05, 0.1) is 6.07 Å². The zero-order valence-electron chi connectivity index (χ0n) is 10.7. The summed E-state index contributed by atoms with van der Waals surface area (Å²) in [5.41, 5.74) is -2.78. The second-order valence-corrected chi connectivity index (χ2v) is 4.60. The standard InChI is InChI=1S/C13H10F4N2O2/c14-7-5-8(15)10(17)11(9(7)16)19-12(20)13(6-18)1-3-21-4-2-13/h5H,1-4H2,(H,19,20). The quantitative estimate of drug-likeness (QED) is 0.674. The number of hydrogen-bond acceptors (Lipinski definition) is 3. The number of nitriles is 1. The Morgan fingerprint density at radius 1 is 1.19 bits per heavy atom. The van der Waals surface area contributed by atoms with Crippen LogP contribution in [0.25, 0.3) is 0 Å². The molecule has 1 heterocycles. The van der Waals surface area contributed by atoms with Crippen molar-refractivity contribution in [2.24, 2.45) is 5.41 Å². The van der Waals surface area contributed by atoms with E-state index in [1.165, 1.54) is 0 Å². The molecule has 1 aliphatic rings. The van der Waals surface area contributed by atoms with Crippen molar-refractivity contribution in [2.45, 2.75) is 12.8 Å². The lowest BCUT2D eigenvalue weighted by Gasteiger charge is -2.29. The predicted octanol–water partition coefficient (Wildman–Crippen LogP) is 2.50. The zero-order valence-corrected chi connectivity index (χ0v) is 10.7. The third-order valence-corrected chi connectivity index (χ3v) is 3.35. The molecule has 4 nitrogen and oxygen atoms in total. The van der Waals surface area contributed by atoms with Crippen LogP contribution < -0.4 is 5.32 Å². The molecule has 1 aromatic rings. The van der Waals surface area contributed by atoms with Crippen molar-refractivity contribution in [3.05, 3.63) is 29.3 Å². The number of ether oxygens (including phenoxy) is 1. The molecule has 0 spiro atoms. The zero-order chi connectivity index (χ0) is 15.6. The van der Waals surface area contributed by atoms with E-state index in [9.17, 15) is 22.4 Å². The molecule has 1 amide bonds. The van der Waals surface area contributed by atoms with E-state index < -0.39 is 40.3 Å². The highest BCUT2D eigenvalue weighted by Crippen LogP contribution is 2.33. The first-order valence-electron chi connectivity index (χ1n) is 6.05. The predicted molar refractivity (Wildman–Crippen MR) is 63.0 cm³/mol. The van der Waals surface area contributed by atoms with Crippen LogP contribution in [0.2, 0.25) is 0 Å². The number of nitrogens with one attached hydrogen (secondary N) is 1. The Morgan fingerprint density at radius 2 is 1.71 bits per heavy atom. The topological polar surface area (TPSA) is 62.1 Å². The van der Waals surface area contributed by atoms with Gasteiger partial charge in [-0.25, -0.2) is 17.6 Å². The van der Waals surface area contributed by atoms with Gasteiger partial charge in [-0.15, -0.1) is 0 Å². The molecule has 8 heteroatoms. The molecule has 0 atom stereocenters. The maximum Gasteiger partial charge on any atom is 0.245 e. The minimum Gasteiger partial charge on any atom is -0.381 e. The van der Waals surface area contributed by atoms with Gasteiger partial charge in [-0.05, 0) is 12.8 Å². The fourth-order valence-corrected chi connectivity index (χ4v) is 2.03. The minimum absolute atomic E-state index is 0.0242. The van der Waals surface area contributed by atoms with Gasteiger partial charge in [0, 0.05) is 19.3 Å². The highest BCUT2D eigenvalue weighted by Gasteiger charge is 2.41. The molecule has 21 heavy (non-hydrogen) atoms. The first-order chi connectivity index (χ1) is 9.91. The highest BCUT2D eigenvalue weighted by molar-refractivity contribution is 5.97. The first kappa shape index (κ1) is 15.3. The SMILES string of the molecule is N#CC1(C(=O)Nc2c(F)c(F)cc(F)c2F)CCOCC1. The van der Waals surface area contributed by atoms with Crippen LogP contribution in [0.3, 0.4) is 0 Å². The van der Waals surface area contributed by atoms with E-state index in [-0.39, 0.29) is 32.1 Å². The van der Waals surface area contributed by atoms with Gasteiger partial charge in [-0.2, -0.15) is 5.26 Å². The van der Waals surface area contributed by atoms with Crippen LogP contribution >= 0.6 is 0 Å². The Kier molecular flexibility index (Phi) is 4.14. The number of benzene rings is 1. The monoisotopic (exact) mass is 302 g/mol. The smallest absolute Gasteiger partial charge is 0.245 e. The average molecular weight is 302 g/mol. The Labute approximate surface area is 117 Å². The van der Waals surface area contributed by atoms with E-state index >= 15 is 0 Å². The van der Waals surface area contributed by atoms with Crippen LogP contribution in [0.4, 0.5) is 23.2 Å². The Hall–Kier alpha value is -2.14. The van der Waals surface area contributed by atoms with Gasteiger partial charge in [-0.1, -0.05) is 0 Å². The fourth-order valence-electron chi connectivity index (χ4n) is 2.03. The maximum absolute atomic E-state index is 13.5. The van der Waals surface area contributed by atoms with Gasteiger partial charge in [0.1, 0.15) is 11.1 Å². The molecule has 0 aliphatic carbocycles. The van der Waals surface area contributed by atoms with E-state index in [4.69, 9.17) is 10.00 Å². The van der Waals surface area contributed by atoms with Crippen LogP contribution in [0.5, 0.6) is 0 Å². The lowest BCUT2D eigenvalue weighted by Crippen LogP contribution is -2.40. The molecule has 1 saturated heterocycles. The van der Waals surface area contributed by atoms with Gasteiger partial charge in [0.2, 0.25) is 5.91 Å². The van der Waals surface area contributed by atoms with Crippen molar-refractivity contribution in [1.82, 2.24) is 0 Å². The second kappa shape index (κ2) is 5.69. The number of halogens is 4. The van der Waals surface area contributed by atoms with Crippen LogP contribution in [0, 0.1) is 40.0 Å². The summed E-state index contributed by atoms with van der Waals surface area (Å²) in [6.07, 6.45) is 0.0484. The molecule has 0 aromatic heterocycles. The molecule has 1 aromatic carbocycles. The van der Waals surface area contributed by atoms with Crippen molar-refractivity contribution in [2.75, 3.05) is 18.5 Å². The van der Waals surface area contributed by atoms with Crippen molar-refractivity contribution < 1.29 is 27.1 Å². The molecular weight excluding hydrogens is 292 g/mol.